The van der Waals surface area contributed by atoms with E-state index >= 15 is 0 Å². The smallest absolute Gasteiger partial charge is 0.0687 e. The molecule has 0 aromatic carbocycles. The van der Waals surface area contributed by atoms with Crippen LogP contribution < -0.4 is 0 Å². The van der Waals surface area contributed by atoms with Crippen LogP contribution in [0.25, 0.3) is 0 Å². The number of hydrogen-bond acceptors (Lipinski definition) is 1. The molecule has 0 amide bonds. The second-order valence-electron chi connectivity index (χ2n) is 7.48. The SMILES string of the molecule is BrCC(CBr)(CC1CCC2(CCCC2)O1)C1CCCC1. The molecule has 1 atom stereocenters. The van der Waals surface area contributed by atoms with Gasteiger partial charge < -0.3 is 4.74 Å². The van der Waals surface area contributed by atoms with E-state index < -0.39 is 0 Å². The first kappa shape index (κ1) is 15.8. The standard InChI is InChI=1S/C17H28Br2O/c18-12-16(13-19,14-5-1-2-6-14)11-15-7-10-17(20-15)8-3-4-9-17/h14-15H,1-13H2. The number of ether oxygens (including phenoxy) is 1. The summed E-state index contributed by atoms with van der Waals surface area (Å²) in [6, 6.07) is 0. The third-order valence-corrected chi connectivity index (χ3v) is 8.47. The Bertz CT molecular complexity index is 315. The highest BCUT2D eigenvalue weighted by atomic mass is 79.9. The first-order valence-electron chi connectivity index (χ1n) is 8.52. The zero-order valence-electron chi connectivity index (χ0n) is 12.5. The zero-order chi connectivity index (χ0) is 14.1. The van der Waals surface area contributed by atoms with Crippen LogP contribution in [0.1, 0.15) is 70.6 Å². The molecule has 0 bridgehead atoms. The molecule has 1 saturated heterocycles. The summed E-state index contributed by atoms with van der Waals surface area (Å²) in [5, 5.41) is 2.26. The Morgan fingerprint density at radius 1 is 0.900 bits per heavy atom. The Labute approximate surface area is 140 Å². The van der Waals surface area contributed by atoms with Crippen LogP contribution >= 0.6 is 31.9 Å². The molecule has 20 heavy (non-hydrogen) atoms. The lowest BCUT2D eigenvalue weighted by Crippen LogP contribution is -2.37. The van der Waals surface area contributed by atoms with Gasteiger partial charge in [-0.15, -0.1) is 0 Å². The minimum absolute atomic E-state index is 0.296. The van der Waals surface area contributed by atoms with Gasteiger partial charge in [-0.3, -0.25) is 0 Å². The Morgan fingerprint density at radius 3 is 2.15 bits per heavy atom. The largest absolute Gasteiger partial charge is 0.372 e. The van der Waals surface area contributed by atoms with Crippen molar-refractivity contribution in [1.29, 1.82) is 0 Å². The van der Waals surface area contributed by atoms with Crippen LogP contribution in [0.3, 0.4) is 0 Å². The van der Waals surface area contributed by atoms with Gasteiger partial charge in [-0.1, -0.05) is 57.5 Å². The fourth-order valence-corrected chi connectivity index (χ4v) is 7.25. The van der Waals surface area contributed by atoms with E-state index in [2.05, 4.69) is 31.9 Å². The Kier molecular flexibility index (Phi) is 5.20. The van der Waals surface area contributed by atoms with Crippen molar-refractivity contribution in [1.82, 2.24) is 0 Å². The maximum atomic E-state index is 6.59. The predicted octanol–water partition coefficient (Wildman–Crippen LogP) is 5.83. The van der Waals surface area contributed by atoms with E-state index in [0.29, 0.717) is 17.1 Å². The van der Waals surface area contributed by atoms with Gasteiger partial charge in [0.1, 0.15) is 0 Å². The van der Waals surface area contributed by atoms with Crippen molar-refractivity contribution in [2.24, 2.45) is 11.3 Å². The molecule has 3 heteroatoms. The number of halogens is 2. The molecular formula is C17H28Br2O. The lowest BCUT2D eigenvalue weighted by Gasteiger charge is -2.39. The maximum absolute atomic E-state index is 6.59. The van der Waals surface area contributed by atoms with E-state index in [9.17, 15) is 0 Å². The third kappa shape index (κ3) is 3.01. The molecule has 0 N–H and O–H groups in total. The van der Waals surface area contributed by atoms with Gasteiger partial charge in [-0.25, -0.2) is 0 Å². The van der Waals surface area contributed by atoms with Crippen LogP contribution in [0.5, 0.6) is 0 Å². The quantitative estimate of drug-likeness (QED) is 0.520. The zero-order valence-corrected chi connectivity index (χ0v) is 15.7. The van der Waals surface area contributed by atoms with Crippen LogP contribution in [-0.4, -0.2) is 22.4 Å². The average Bonchev–Trinajstić information content (AvgIpc) is 3.20. The van der Waals surface area contributed by atoms with Gasteiger partial charge in [0.05, 0.1) is 11.7 Å². The Balaban J connectivity index is 1.64. The molecule has 3 aliphatic rings. The van der Waals surface area contributed by atoms with Gasteiger partial charge in [0.2, 0.25) is 0 Å². The molecule has 3 rings (SSSR count). The summed E-state index contributed by atoms with van der Waals surface area (Å²) >= 11 is 7.68. The molecule has 3 fully saturated rings. The van der Waals surface area contributed by atoms with E-state index in [1.165, 1.54) is 70.6 Å². The Morgan fingerprint density at radius 2 is 1.55 bits per heavy atom. The number of alkyl halides is 2. The summed E-state index contributed by atoms with van der Waals surface area (Å²) in [5.74, 6) is 0.893. The minimum atomic E-state index is 0.296. The molecule has 1 heterocycles. The van der Waals surface area contributed by atoms with Crippen LogP contribution in [0, 0.1) is 11.3 Å². The van der Waals surface area contributed by atoms with Crippen molar-refractivity contribution in [3.8, 4) is 0 Å². The van der Waals surface area contributed by atoms with Crippen LogP contribution in [0.4, 0.5) is 0 Å². The normalized spacial score (nSPS) is 30.6. The number of hydrogen-bond donors (Lipinski definition) is 0. The van der Waals surface area contributed by atoms with Crippen molar-refractivity contribution in [3.05, 3.63) is 0 Å². The van der Waals surface area contributed by atoms with Gasteiger partial charge in [-0.05, 0) is 56.3 Å². The molecule has 0 aromatic rings. The monoisotopic (exact) mass is 406 g/mol. The van der Waals surface area contributed by atoms with Crippen LogP contribution in [0.15, 0.2) is 0 Å². The lowest BCUT2D eigenvalue weighted by atomic mass is 9.73. The van der Waals surface area contributed by atoms with Gasteiger partial charge in [0.15, 0.2) is 0 Å². The fourth-order valence-electron chi connectivity index (χ4n) is 4.95. The van der Waals surface area contributed by atoms with Crippen LogP contribution in [-0.2, 0) is 4.74 Å². The molecule has 1 spiro atoms. The summed E-state index contributed by atoms with van der Waals surface area (Å²) < 4.78 is 6.59. The highest BCUT2D eigenvalue weighted by Gasteiger charge is 2.46. The van der Waals surface area contributed by atoms with E-state index in [1.54, 1.807) is 0 Å². The van der Waals surface area contributed by atoms with Gasteiger partial charge in [0, 0.05) is 10.7 Å². The highest BCUT2D eigenvalue weighted by molar-refractivity contribution is 9.09. The van der Waals surface area contributed by atoms with Crippen molar-refractivity contribution in [3.63, 3.8) is 0 Å². The van der Waals surface area contributed by atoms with Crippen molar-refractivity contribution in [2.75, 3.05) is 10.7 Å². The fraction of sp³-hybridized carbons (Fsp3) is 1.00. The van der Waals surface area contributed by atoms with E-state index in [4.69, 9.17) is 4.74 Å². The van der Waals surface area contributed by atoms with Gasteiger partial charge >= 0.3 is 0 Å². The summed E-state index contributed by atoms with van der Waals surface area (Å²) in [6.45, 7) is 0. The number of rotatable bonds is 5. The maximum Gasteiger partial charge on any atom is 0.0687 e. The topological polar surface area (TPSA) is 9.23 Å². The molecule has 2 aliphatic carbocycles. The van der Waals surface area contributed by atoms with Gasteiger partial charge in [0.25, 0.3) is 0 Å². The van der Waals surface area contributed by atoms with Crippen molar-refractivity contribution < 1.29 is 4.74 Å². The second-order valence-corrected chi connectivity index (χ2v) is 8.61. The minimum Gasteiger partial charge on any atom is -0.372 e. The van der Waals surface area contributed by atoms with Gasteiger partial charge in [-0.2, -0.15) is 0 Å². The summed E-state index contributed by atoms with van der Waals surface area (Å²) in [4.78, 5) is 0. The van der Waals surface area contributed by atoms with Crippen molar-refractivity contribution in [2.45, 2.75) is 82.3 Å². The van der Waals surface area contributed by atoms with E-state index in [1.807, 2.05) is 0 Å². The summed E-state index contributed by atoms with van der Waals surface area (Å²) in [5.41, 5.74) is 0.718. The molecule has 1 nitrogen and oxygen atoms in total. The molecule has 1 unspecified atom stereocenters. The molecule has 2 saturated carbocycles. The molecule has 0 aromatic heterocycles. The van der Waals surface area contributed by atoms with Crippen molar-refractivity contribution >= 4 is 31.9 Å². The second kappa shape index (κ2) is 6.58. The summed E-state index contributed by atoms with van der Waals surface area (Å²) in [7, 11) is 0. The molecule has 116 valence electrons. The van der Waals surface area contributed by atoms with Crippen LogP contribution in [0.2, 0.25) is 0 Å². The lowest BCUT2D eigenvalue weighted by molar-refractivity contribution is -0.0543. The predicted molar refractivity (Wildman–Crippen MR) is 91.9 cm³/mol. The molecule has 1 aliphatic heterocycles. The first-order chi connectivity index (χ1) is 9.72. The third-order valence-electron chi connectivity index (χ3n) is 6.24. The summed E-state index contributed by atoms with van der Waals surface area (Å²) in [6.07, 6.45) is 15.5. The molecule has 0 radical (unpaired) electrons. The molecular weight excluding hydrogens is 380 g/mol. The highest BCUT2D eigenvalue weighted by Crippen LogP contribution is 2.50. The van der Waals surface area contributed by atoms with E-state index in [0.717, 1.165) is 16.6 Å². The Hall–Kier alpha value is 0.920. The first-order valence-corrected chi connectivity index (χ1v) is 10.8. The van der Waals surface area contributed by atoms with E-state index in [-0.39, 0.29) is 0 Å². The average molecular weight is 408 g/mol.